The normalized spacial score (nSPS) is 23.3. The maximum Gasteiger partial charge on any atom is 0.250 e. The van der Waals surface area contributed by atoms with E-state index >= 15 is 0 Å². The number of amidine groups is 1. The van der Waals surface area contributed by atoms with Gasteiger partial charge in [-0.05, 0) is 5.92 Å². The van der Waals surface area contributed by atoms with Crippen molar-refractivity contribution in [2.45, 2.75) is 33.7 Å². The molecule has 0 aromatic heterocycles. The van der Waals surface area contributed by atoms with Crippen molar-refractivity contribution in [1.29, 1.82) is 0 Å². The molecule has 0 aromatic carbocycles. The largest absolute Gasteiger partial charge is 0.312 e. The molecule has 1 atom stereocenters. The van der Waals surface area contributed by atoms with E-state index in [1.807, 2.05) is 27.7 Å². The number of carbonyl (C=O) groups is 1. The molecule has 0 radical (unpaired) electrons. The van der Waals surface area contributed by atoms with Gasteiger partial charge < -0.3 is 5.32 Å². The van der Waals surface area contributed by atoms with E-state index in [0.717, 1.165) is 5.84 Å². The number of hydrogen-bond donors (Lipinski definition) is 1. The van der Waals surface area contributed by atoms with Crippen LogP contribution in [-0.4, -0.2) is 17.8 Å². The fourth-order valence-corrected chi connectivity index (χ4v) is 1.19. The van der Waals surface area contributed by atoms with Gasteiger partial charge in [-0.15, -0.1) is 0 Å². The molecule has 1 amide bonds. The first-order chi connectivity index (χ1) is 5.52. The molecule has 1 aliphatic heterocycles. The predicted molar refractivity (Wildman–Crippen MR) is 49.0 cm³/mol. The van der Waals surface area contributed by atoms with Crippen molar-refractivity contribution in [3.63, 3.8) is 0 Å². The number of carbonyl (C=O) groups excluding carboxylic acids is 1. The fraction of sp³-hybridized carbons (Fsp3) is 0.778. The summed E-state index contributed by atoms with van der Waals surface area (Å²) < 4.78 is 0. The van der Waals surface area contributed by atoms with Crippen LogP contribution in [0.4, 0.5) is 0 Å². The van der Waals surface area contributed by atoms with Crippen LogP contribution < -0.4 is 5.32 Å². The van der Waals surface area contributed by atoms with E-state index in [4.69, 9.17) is 0 Å². The van der Waals surface area contributed by atoms with E-state index in [2.05, 4.69) is 10.3 Å². The maximum atomic E-state index is 11.3. The molecule has 0 aromatic rings. The van der Waals surface area contributed by atoms with Gasteiger partial charge in [0.15, 0.2) is 0 Å². The maximum absolute atomic E-state index is 11.3. The number of aliphatic imine (C=N–C) groups is 1. The summed E-state index contributed by atoms with van der Waals surface area (Å²) in [6.07, 6.45) is 0. The molecular weight excluding hydrogens is 152 g/mol. The molecule has 0 bridgehead atoms. The average molecular weight is 168 g/mol. The number of hydrogen-bond acceptors (Lipinski definition) is 2. The standard InChI is InChI=1S/C9H16N2O/c1-5(2)7-9(12)11-8(10-7)6(3)4/h5-7H,1-4H3,(H,10,11,12). The third kappa shape index (κ3) is 1.65. The lowest BCUT2D eigenvalue weighted by molar-refractivity contribution is -0.120. The van der Waals surface area contributed by atoms with Gasteiger partial charge in [-0.25, -0.2) is 0 Å². The predicted octanol–water partition coefficient (Wildman–Crippen LogP) is 1.20. The third-order valence-corrected chi connectivity index (χ3v) is 1.98. The zero-order valence-electron chi connectivity index (χ0n) is 8.09. The number of rotatable bonds is 2. The Balaban J connectivity index is 2.73. The highest BCUT2D eigenvalue weighted by molar-refractivity contribution is 6.06. The minimum absolute atomic E-state index is 0.0497. The molecule has 0 saturated carbocycles. The summed E-state index contributed by atoms with van der Waals surface area (Å²) in [6.45, 7) is 8.08. The average Bonchev–Trinajstić information content (AvgIpc) is 2.30. The topological polar surface area (TPSA) is 41.5 Å². The van der Waals surface area contributed by atoms with Crippen molar-refractivity contribution in [3.8, 4) is 0 Å². The van der Waals surface area contributed by atoms with E-state index in [1.54, 1.807) is 0 Å². The molecule has 0 aliphatic carbocycles. The van der Waals surface area contributed by atoms with E-state index in [0.29, 0.717) is 11.8 Å². The van der Waals surface area contributed by atoms with Crippen LogP contribution in [0.3, 0.4) is 0 Å². The summed E-state index contributed by atoms with van der Waals surface area (Å²) in [5.41, 5.74) is 0. The van der Waals surface area contributed by atoms with Crippen molar-refractivity contribution in [1.82, 2.24) is 5.32 Å². The van der Waals surface area contributed by atoms with Crippen LogP contribution >= 0.6 is 0 Å². The van der Waals surface area contributed by atoms with Gasteiger partial charge in [0.1, 0.15) is 11.9 Å². The second-order valence-corrected chi connectivity index (χ2v) is 3.85. The van der Waals surface area contributed by atoms with Crippen LogP contribution in [0.1, 0.15) is 27.7 Å². The molecule has 1 unspecified atom stereocenters. The number of nitrogens with zero attached hydrogens (tertiary/aromatic N) is 1. The molecular formula is C9H16N2O. The van der Waals surface area contributed by atoms with Crippen LogP contribution in [0.15, 0.2) is 4.99 Å². The monoisotopic (exact) mass is 168 g/mol. The van der Waals surface area contributed by atoms with Gasteiger partial charge >= 0.3 is 0 Å². The molecule has 3 heteroatoms. The van der Waals surface area contributed by atoms with Crippen molar-refractivity contribution in [3.05, 3.63) is 0 Å². The second-order valence-electron chi connectivity index (χ2n) is 3.85. The van der Waals surface area contributed by atoms with Gasteiger partial charge in [0, 0.05) is 5.92 Å². The number of nitrogens with one attached hydrogen (secondary N) is 1. The molecule has 0 saturated heterocycles. The van der Waals surface area contributed by atoms with Crippen LogP contribution in [-0.2, 0) is 4.79 Å². The molecule has 1 heterocycles. The van der Waals surface area contributed by atoms with Crippen molar-refractivity contribution < 1.29 is 4.79 Å². The van der Waals surface area contributed by atoms with Gasteiger partial charge in [-0.1, -0.05) is 27.7 Å². The fourth-order valence-electron chi connectivity index (χ4n) is 1.19. The first kappa shape index (κ1) is 9.23. The molecule has 12 heavy (non-hydrogen) atoms. The zero-order chi connectivity index (χ0) is 9.30. The van der Waals surface area contributed by atoms with Crippen molar-refractivity contribution in [2.75, 3.05) is 0 Å². The highest BCUT2D eigenvalue weighted by Crippen LogP contribution is 2.13. The summed E-state index contributed by atoms with van der Waals surface area (Å²) >= 11 is 0. The lowest BCUT2D eigenvalue weighted by Gasteiger charge is -2.06. The second kappa shape index (κ2) is 3.25. The minimum Gasteiger partial charge on any atom is -0.312 e. The number of amides is 1. The highest BCUT2D eigenvalue weighted by Gasteiger charge is 2.29. The Morgan fingerprint density at radius 2 is 1.92 bits per heavy atom. The first-order valence-electron chi connectivity index (χ1n) is 4.41. The summed E-state index contributed by atoms with van der Waals surface area (Å²) in [7, 11) is 0. The Morgan fingerprint density at radius 3 is 2.17 bits per heavy atom. The van der Waals surface area contributed by atoms with E-state index < -0.39 is 0 Å². The van der Waals surface area contributed by atoms with Gasteiger partial charge in [-0.3, -0.25) is 9.79 Å². The van der Waals surface area contributed by atoms with Crippen LogP contribution in [0.2, 0.25) is 0 Å². The lowest BCUT2D eigenvalue weighted by Crippen LogP contribution is -2.32. The van der Waals surface area contributed by atoms with E-state index in [1.165, 1.54) is 0 Å². The molecule has 3 nitrogen and oxygen atoms in total. The Labute approximate surface area is 73.3 Å². The Morgan fingerprint density at radius 1 is 1.33 bits per heavy atom. The van der Waals surface area contributed by atoms with Crippen LogP contribution in [0, 0.1) is 11.8 Å². The molecule has 1 aliphatic rings. The molecule has 1 N–H and O–H groups in total. The summed E-state index contributed by atoms with van der Waals surface area (Å²) in [5.74, 6) is 1.49. The van der Waals surface area contributed by atoms with Crippen LogP contribution in [0.5, 0.6) is 0 Å². The van der Waals surface area contributed by atoms with Gasteiger partial charge in [0.2, 0.25) is 5.91 Å². The van der Waals surface area contributed by atoms with Crippen LogP contribution in [0.25, 0.3) is 0 Å². The SMILES string of the molecule is CC(C)C1=NC(C(C)C)C(=O)N1. The van der Waals surface area contributed by atoms with Crippen molar-refractivity contribution in [2.24, 2.45) is 16.8 Å². The van der Waals surface area contributed by atoms with Gasteiger partial charge in [-0.2, -0.15) is 0 Å². The lowest BCUT2D eigenvalue weighted by atomic mass is 10.1. The Bertz CT molecular complexity index is 219. The Kier molecular flexibility index (Phi) is 2.50. The van der Waals surface area contributed by atoms with Gasteiger partial charge in [0.25, 0.3) is 0 Å². The van der Waals surface area contributed by atoms with Crippen molar-refractivity contribution >= 4 is 11.7 Å². The molecule has 1 rings (SSSR count). The van der Waals surface area contributed by atoms with Gasteiger partial charge in [0.05, 0.1) is 0 Å². The summed E-state index contributed by atoms with van der Waals surface area (Å²) in [5, 5.41) is 2.80. The highest BCUT2D eigenvalue weighted by atomic mass is 16.2. The molecule has 0 spiro atoms. The first-order valence-corrected chi connectivity index (χ1v) is 4.41. The summed E-state index contributed by atoms with van der Waals surface area (Å²) in [6, 6.07) is -0.164. The summed E-state index contributed by atoms with van der Waals surface area (Å²) in [4.78, 5) is 15.6. The zero-order valence-corrected chi connectivity index (χ0v) is 8.09. The van der Waals surface area contributed by atoms with E-state index in [-0.39, 0.29) is 11.9 Å². The van der Waals surface area contributed by atoms with E-state index in [9.17, 15) is 4.79 Å². The molecule has 0 fully saturated rings. The third-order valence-electron chi connectivity index (χ3n) is 1.98. The molecule has 68 valence electrons. The smallest absolute Gasteiger partial charge is 0.250 e. The minimum atomic E-state index is -0.164. The quantitative estimate of drug-likeness (QED) is 0.661. The Hall–Kier alpha value is -0.860.